The van der Waals surface area contributed by atoms with E-state index in [4.69, 9.17) is 18.6 Å². The number of epoxide rings is 1. The highest BCUT2D eigenvalue weighted by atomic mass is 19.2. The quantitative estimate of drug-likeness (QED) is 0.441. The molecule has 1 aromatic heterocycles. The van der Waals surface area contributed by atoms with Crippen LogP contribution in [0.4, 0.5) is 4.39 Å². The van der Waals surface area contributed by atoms with Crippen molar-refractivity contribution in [3.63, 3.8) is 0 Å². The Bertz CT molecular complexity index is 1130. The highest BCUT2D eigenvalue weighted by Crippen LogP contribution is 2.47. The molecule has 4 rings (SSSR count). The van der Waals surface area contributed by atoms with Crippen LogP contribution < -0.4 is 0 Å². The van der Waals surface area contributed by atoms with E-state index in [0.29, 0.717) is 22.6 Å². The Morgan fingerprint density at radius 1 is 1.17 bits per heavy atom. The van der Waals surface area contributed by atoms with Crippen LogP contribution >= 0.6 is 0 Å². The lowest BCUT2D eigenvalue weighted by molar-refractivity contribution is -0.157. The number of carbonyl (C=O) groups excluding carboxylic acids is 2. The summed E-state index contributed by atoms with van der Waals surface area (Å²) in [5.74, 6) is -3.53. The summed E-state index contributed by atoms with van der Waals surface area (Å²) in [5.41, 5.74) is 0.375. The first-order valence-electron chi connectivity index (χ1n) is 12.3. The number of aryl methyl sites for hydroxylation is 1. The molecule has 36 heavy (non-hydrogen) atoms. The van der Waals surface area contributed by atoms with Gasteiger partial charge in [0.25, 0.3) is 0 Å². The minimum absolute atomic E-state index is 0.0349. The van der Waals surface area contributed by atoms with E-state index in [9.17, 15) is 19.8 Å². The highest BCUT2D eigenvalue weighted by molar-refractivity contribution is 5.88. The van der Waals surface area contributed by atoms with Crippen LogP contribution in [0, 0.1) is 18.3 Å². The van der Waals surface area contributed by atoms with Gasteiger partial charge in [-0.15, -0.1) is 0 Å². The average molecular weight is 508 g/mol. The lowest BCUT2D eigenvalue weighted by atomic mass is 9.74. The van der Waals surface area contributed by atoms with Crippen molar-refractivity contribution < 1.29 is 42.8 Å². The number of cyclic esters (lactones) is 1. The van der Waals surface area contributed by atoms with E-state index >= 15 is 4.39 Å². The second-order valence-corrected chi connectivity index (χ2v) is 10.5. The zero-order valence-corrected chi connectivity index (χ0v) is 21.2. The molecule has 2 N–H and O–H groups in total. The molecule has 7 atom stereocenters. The Morgan fingerprint density at radius 2 is 1.89 bits per heavy atom. The largest absolute Gasteiger partial charge is 0.457 e. The van der Waals surface area contributed by atoms with Crippen molar-refractivity contribution in [1.82, 2.24) is 4.98 Å². The molecule has 2 aliphatic rings. The molecule has 1 aromatic carbocycles. The normalized spacial score (nSPS) is 36.3. The average Bonchev–Trinajstić information content (AvgIpc) is 3.28. The summed E-state index contributed by atoms with van der Waals surface area (Å²) in [4.78, 5) is 30.3. The van der Waals surface area contributed by atoms with Gasteiger partial charge in [-0.25, -0.2) is 9.37 Å². The molecule has 0 saturated carbocycles. The van der Waals surface area contributed by atoms with E-state index < -0.39 is 65.9 Å². The van der Waals surface area contributed by atoms with Crippen LogP contribution in [-0.4, -0.2) is 63.8 Å². The summed E-state index contributed by atoms with van der Waals surface area (Å²) in [6, 6.07) is 5.12. The van der Waals surface area contributed by atoms with Crippen LogP contribution in [0.1, 0.15) is 64.5 Å². The van der Waals surface area contributed by atoms with Crippen molar-refractivity contribution in [2.24, 2.45) is 11.3 Å². The van der Waals surface area contributed by atoms with E-state index in [0.717, 1.165) is 0 Å². The van der Waals surface area contributed by atoms with Crippen LogP contribution in [0.2, 0.25) is 0 Å². The number of halogens is 1. The predicted molar refractivity (Wildman–Crippen MR) is 126 cm³/mol. The number of aliphatic hydroxyl groups is 2. The number of aliphatic hydroxyl groups excluding tert-OH is 2. The summed E-state index contributed by atoms with van der Waals surface area (Å²) in [6.07, 6.45) is -5.49. The van der Waals surface area contributed by atoms with Gasteiger partial charge in [-0.1, -0.05) is 26.8 Å². The van der Waals surface area contributed by atoms with Crippen molar-refractivity contribution >= 4 is 22.9 Å². The van der Waals surface area contributed by atoms with Gasteiger partial charge < -0.3 is 28.8 Å². The van der Waals surface area contributed by atoms with E-state index in [1.807, 2.05) is 0 Å². The molecule has 0 aliphatic carbocycles. The van der Waals surface area contributed by atoms with Crippen molar-refractivity contribution in [2.75, 3.05) is 6.61 Å². The highest BCUT2D eigenvalue weighted by Gasteiger charge is 2.58. The first-order valence-corrected chi connectivity index (χ1v) is 12.3. The maximum atomic E-state index is 15.2. The fourth-order valence-electron chi connectivity index (χ4n) is 4.77. The standard InChI is InChI=1S/C26H34FNO8/c1-13-23(31)14(2)33-9-8-26(27)21(36-26)11-19(16-6-7-18-17(10-16)28-15(3)34-18)35-22(30)12-20(29)25(4,5)24(13)32/h6-7,10,13-14,19-21,23,29,31H,8-9,11-12H2,1-5H3/t13-,14+,19+,20+,21+,23+,26-/m1/s1. The van der Waals surface area contributed by atoms with Crippen molar-refractivity contribution in [2.45, 2.75) is 90.3 Å². The third-order valence-electron chi connectivity index (χ3n) is 7.41. The molecule has 0 bridgehead atoms. The van der Waals surface area contributed by atoms with Gasteiger partial charge in [0.15, 0.2) is 11.5 Å². The molecule has 10 heteroatoms. The Labute approximate surface area is 208 Å². The van der Waals surface area contributed by atoms with Crippen molar-refractivity contribution in [1.29, 1.82) is 0 Å². The van der Waals surface area contributed by atoms with Gasteiger partial charge in [0, 0.05) is 25.7 Å². The number of carbonyl (C=O) groups is 2. The number of nitrogens with zero attached hydrogens (tertiary/aromatic N) is 1. The maximum Gasteiger partial charge on any atom is 0.309 e. The van der Waals surface area contributed by atoms with Gasteiger partial charge in [0.05, 0.1) is 36.8 Å². The number of hydrogen-bond acceptors (Lipinski definition) is 9. The second-order valence-electron chi connectivity index (χ2n) is 10.5. The lowest BCUT2D eigenvalue weighted by Gasteiger charge is -2.34. The number of fused-ring (bicyclic) bond motifs is 2. The summed E-state index contributed by atoms with van der Waals surface area (Å²) in [6.45, 7) is 7.88. The van der Waals surface area contributed by atoms with Gasteiger partial charge in [-0.3, -0.25) is 9.59 Å². The number of esters is 1. The van der Waals surface area contributed by atoms with Gasteiger partial charge in [0.1, 0.15) is 23.5 Å². The minimum Gasteiger partial charge on any atom is -0.457 e. The number of ether oxygens (including phenoxy) is 3. The molecule has 2 fully saturated rings. The van der Waals surface area contributed by atoms with Crippen LogP contribution in [0.3, 0.4) is 0 Å². The van der Waals surface area contributed by atoms with Gasteiger partial charge in [-0.2, -0.15) is 0 Å². The number of ketones is 1. The fraction of sp³-hybridized carbons (Fsp3) is 0.654. The fourth-order valence-corrected chi connectivity index (χ4v) is 4.77. The topological polar surface area (TPSA) is 132 Å². The van der Waals surface area contributed by atoms with Crippen molar-refractivity contribution in [3.05, 3.63) is 29.7 Å². The molecule has 198 valence electrons. The predicted octanol–water partition coefficient (Wildman–Crippen LogP) is 3.33. The number of oxazole rings is 1. The number of rotatable bonds is 1. The van der Waals surface area contributed by atoms with E-state index in [1.165, 1.54) is 20.8 Å². The van der Waals surface area contributed by atoms with Gasteiger partial charge in [-0.05, 0) is 24.6 Å². The SMILES string of the molecule is Cc1nc2cc([C@@H]3C[C@@H]4O[C@]4(F)CCO[C@@H](C)[C@@H](O)[C@@H](C)C(=O)C(C)(C)[C@@H](O)CC(=O)O3)ccc2o1. The molecule has 0 amide bonds. The zero-order valence-electron chi connectivity index (χ0n) is 21.2. The minimum atomic E-state index is -1.95. The number of alkyl halides is 1. The number of benzene rings is 1. The Hall–Kier alpha value is -2.40. The van der Waals surface area contributed by atoms with Gasteiger partial charge >= 0.3 is 5.97 Å². The summed E-state index contributed by atoms with van der Waals surface area (Å²) >= 11 is 0. The Balaban J connectivity index is 1.61. The van der Waals surface area contributed by atoms with E-state index in [2.05, 4.69) is 4.98 Å². The summed E-state index contributed by atoms with van der Waals surface area (Å²) in [7, 11) is 0. The lowest BCUT2D eigenvalue weighted by Crippen LogP contribution is -2.47. The smallest absolute Gasteiger partial charge is 0.309 e. The Morgan fingerprint density at radius 3 is 2.61 bits per heavy atom. The molecule has 2 aromatic rings. The molecule has 0 unspecified atom stereocenters. The molecule has 3 heterocycles. The molecular weight excluding hydrogens is 473 g/mol. The summed E-state index contributed by atoms with van der Waals surface area (Å²) < 4.78 is 37.4. The monoisotopic (exact) mass is 507 g/mol. The van der Waals surface area contributed by atoms with E-state index in [-0.39, 0.29) is 19.4 Å². The third-order valence-corrected chi connectivity index (χ3v) is 7.41. The van der Waals surface area contributed by atoms with Crippen LogP contribution in [0.15, 0.2) is 22.6 Å². The third kappa shape index (κ3) is 5.32. The number of Topliss-reactive ketones (excluding diaryl/α,β-unsaturated/α-hetero) is 1. The molecular formula is C26H34FNO8. The van der Waals surface area contributed by atoms with Gasteiger partial charge in [0.2, 0.25) is 5.85 Å². The zero-order chi connectivity index (χ0) is 26.4. The van der Waals surface area contributed by atoms with E-state index in [1.54, 1.807) is 32.0 Å². The summed E-state index contributed by atoms with van der Waals surface area (Å²) in [5, 5.41) is 21.4. The number of hydrogen-bond donors (Lipinski definition) is 2. The van der Waals surface area contributed by atoms with Crippen molar-refractivity contribution in [3.8, 4) is 0 Å². The van der Waals surface area contributed by atoms with Crippen LogP contribution in [0.5, 0.6) is 0 Å². The first-order chi connectivity index (χ1) is 16.8. The number of aromatic nitrogens is 1. The molecule has 0 spiro atoms. The second kappa shape index (κ2) is 9.81. The Kier molecular flexibility index (Phi) is 7.27. The van der Waals surface area contributed by atoms with Crippen LogP contribution in [-0.2, 0) is 23.8 Å². The first kappa shape index (κ1) is 26.7. The maximum absolute atomic E-state index is 15.2. The molecule has 2 aliphatic heterocycles. The molecule has 0 radical (unpaired) electrons. The van der Waals surface area contributed by atoms with Crippen LogP contribution in [0.25, 0.3) is 11.1 Å². The molecule has 2 saturated heterocycles. The molecule has 9 nitrogen and oxygen atoms in total.